The highest BCUT2D eigenvalue weighted by molar-refractivity contribution is 5.90. The first-order valence-electron chi connectivity index (χ1n) is 3.42. The molecule has 2 aromatic rings. The lowest BCUT2D eigenvalue weighted by atomic mass is 10.4. The van der Waals surface area contributed by atoms with Gasteiger partial charge in [0.25, 0.3) is 0 Å². The number of fused-ring (bicyclic) bond motifs is 1. The first kappa shape index (κ1) is 7.53. The summed E-state index contributed by atoms with van der Waals surface area (Å²) in [6, 6.07) is 1.34. The van der Waals surface area contributed by atoms with Crippen LogP contribution >= 0.6 is 0 Å². The van der Waals surface area contributed by atoms with E-state index >= 15 is 0 Å². The molecule has 0 aromatic carbocycles. The lowest BCUT2D eigenvalue weighted by Gasteiger charge is -1.87. The average molecular weight is 179 g/mol. The molecule has 0 fully saturated rings. The van der Waals surface area contributed by atoms with Crippen LogP contribution in [0.25, 0.3) is 11.1 Å². The van der Waals surface area contributed by atoms with Crippen molar-refractivity contribution in [3.05, 3.63) is 18.0 Å². The summed E-state index contributed by atoms with van der Waals surface area (Å²) in [5, 5.41) is 9.10. The fourth-order valence-electron chi connectivity index (χ4n) is 0.949. The Morgan fingerprint density at radius 2 is 2.38 bits per heavy atom. The standard InChI is InChI=1S/C7H5N3O3/c8-7-9-2-3-1-4(6(11)12)13-5(3)10-7/h1-2H,(H,11,12)(H2,8,9,10). The molecule has 2 heterocycles. The third-order valence-electron chi connectivity index (χ3n) is 1.50. The van der Waals surface area contributed by atoms with Crippen LogP contribution in [0.5, 0.6) is 0 Å². The van der Waals surface area contributed by atoms with Crippen LogP contribution in [0.15, 0.2) is 16.7 Å². The number of carbonyl (C=O) groups is 1. The molecular formula is C7H5N3O3. The highest BCUT2D eigenvalue weighted by Gasteiger charge is 2.11. The van der Waals surface area contributed by atoms with E-state index in [4.69, 9.17) is 15.3 Å². The van der Waals surface area contributed by atoms with Gasteiger partial charge in [-0.05, 0) is 0 Å². The maximum Gasteiger partial charge on any atom is 0.371 e. The number of furan rings is 1. The van der Waals surface area contributed by atoms with Gasteiger partial charge >= 0.3 is 5.97 Å². The van der Waals surface area contributed by atoms with Crippen LogP contribution in [0.4, 0.5) is 5.95 Å². The van der Waals surface area contributed by atoms with Gasteiger partial charge in [-0.2, -0.15) is 4.98 Å². The van der Waals surface area contributed by atoms with Crippen LogP contribution in [0.1, 0.15) is 10.6 Å². The van der Waals surface area contributed by atoms with Crippen LogP contribution in [0.2, 0.25) is 0 Å². The minimum absolute atomic E-state index is 0.0544. The summed E-state index contributed by atoms with van der Waals surface area (Å²) in [6.45, 7) is 0. The first-order chi connectivity index (χ1) is 6.16. The molecule has 13 heavy (non-hydrogen) atoms. The summed E-state index contributed by atoms with van der Waals surface area (Å²) in [4.78, 5) is 17.9. The molecule has 6 heteroatoms. The molecule has 0 unspecified atom stereocenters. The monoisotopic (exact) mass is 179 g/mol. The van der Waals surface area contributed by atoms with E-state index in [0.717, 1.165) is 0 Å². The van der Waals surface area contributed by atoms with E-state index in [1.165, 1.54) is 12.3 Å². The van der Waals surface area contributed by atoms with Gasteiger partial charge < -0.3 is 15.3 Å². The molecule has 0 aliphatic heterocycles. The van der Waals surface area contributed by atoms with Crippen LogP contribution < -0.4 is 5.73 Å². The van der Waals surface area contributed by atoms with Crippen molar-refractivity contribution in [3.8, 4) is 0 Å². The second-order valence-electron chi connectivity index (χ2n) is 2.40. The maximum absolute atomic E-state index is 10.5. The molecule has 0 atom stereocenters. The predicted octanol–water partition coefficient (Wildman–Crippen LogP) is 0.503. The predicted molar refractivity (Wildman–Crippen MR) is 43.2 cm³/mol. The van der Waals surface area contributed by atoms with Crippen molar-refractivity contribution >= 4 is 23.0 Å². The fraction of sp³-hybridized carbons (Fsp3) is 0. The summed E-state index contributed by atoms with van der Waals surface area (Å²) >= 11 is 0. The molecule has 0 aliphatic rings. The van der Waals surface area contributed by atoms with Gasteiger partial charge in [-0.15, -0.1) is 0 Å². The molecule has 0 bridgehead atoms. The van der Waals surface area contributed by atoms with E-state index in [0.29, 0.717) is 5.39 Å². The number of anilines is 1. The van der Waals surface area contributed by atoms with Crippen molar-refractivity contribution in [2.75, 3.05) is 5.73 Å². The van der Waals surface area contributed by atoms with E-state index in [2.05, 4.69) is 9.97 Å². The third-order valence-corrected chi connectivity index (χ3v) is 1.50. The van der Waals surface area contributed by atoms with Gasteiger partial charge in [0.1, 0.15) is 0 Å². The number of carboxylic acid groups (broad SMARTS) is 1. The molecule has 6 nitrogen and oxygen atoms in total. The van der Waals surface area contributed by atoms with Gasteiger partial charge in [0.05, 0.1) is 5.39 Å². The fourth-order valence-corrected chi connectivity index (χ4v) is 0.949. The molecule has 2 rings (SSSR count). The van der Waals surface area contributed by atoms with Crippen molar-refractivity contribution in [1.82, 2.24) is 9.97 Å². The number of hydrogen-bond acceptors (Lipinski definition) is 5. The lowest BCUT2D eigenvalue weighted by molar-refractivity contribution is 0.0664. The maximum atomic E-state index is 10.5. The number of rotatable bonds is 1. The van der Waals surface area contributed by atoms with Gasteiger partial charge in [-0.25, -0.2) is 9.78 Å². The van der Waals surface area contributed by atoms with E-state index in [1.807, 2.05) is 0 Å². The van der Waals surface area contributed by atoms with Gasteiger partial charge in [-0.1, -0.05) is 0 Å². The Hall–Kier alpha value is -2.11. The zero-order valence-electron chi connectivity index (χ0n) is 6.39. The summed E-state index contributed by atoms with van der Waals surface area (Å²) in [7, 11) is 0. The second kappa shape index (κ2) is 2.44. The number of nitrogens with two attached hydrogens (primary N) is 1. The molecule has 66 valence electrons. The van der Waals surface area contributed by atoms with Crippen LogP contribution in [0.3, 0.4) is 0 Å². The number of nitrogens with zero attached hydrogens (tertiary/aromatic N) is 2. The zero-order chi connectivity index (χ0) is 9.42. The molecule has 0 amide bonds. The molecule has 2 aromatic heterocycles. The number of hydrogen-bond donors (Lipinski definition) is 2. The molecule has 0 aliphatic carbocycles. The molecule has 0 spiro atoms. The average Bonchev–Trinajstić information content (AvgIpc) is 2.46. The van der Waals surface area contributed by atoms with Gasteiger partial charge in [0, 0.05) is 12.3 Å². The molecule has 3 N–H and O–H groups in total. The largest absolute Gasteiger partial charge is 0.475 e. The highest BCUT2D eigenvalue weighted by Crippen LogP contribution is 2.16. The van der Waals surface area contributed by atoms with Gasteiger partial charge in [0.15, 0.2) is 0 Å². The first-order valence-corrected chi connectivity index (χ1v) is 3.42. The summed E-state index contributed by atoms with van der Waals surface area (Å²) in [5.74, 6) is -1.26. The van der Waals surface area contributed by atoms with Crippen LogP contribution in [-0.4, -0.2) is 21.0 Å². The Kier molecular flexibility index (Phi) is 1.42. The Bertz CT molecular complexity index is 477. The minimum atomic E-state index is -1.14. The normalized spacial score (nSPS) is 10.5. The second-order valence-corrected chi connectivity index (χ2v) is 2.40. The number of aromatic nitrogens is 2. The smallest absolute Gasteiger partial charge is 0.371 e. The van der Waals surface area contributed by atoms with E-state index in [-0.39, 0.29) is 17.4 Å². The highest BCUT2D eigenvalue weighted by atomic mass is 16.4. The quantitative estimate of drug-likeness (QED) is 0.660. The Morgan fingerprint density at radius 3 is 3.08 bits per heavy atom. The topological polar surface area (TPSA) is 102 Å². The number of carboxylic acids is 1. The van der Waals surface area contributed by atoms with E-state index < -0.39 is 5.97 Å². The summed E-state index contributed by atoms with van der Waals surface area (Å²) in [5.41, 5.74) is 5.46. The van der Waals surface area contributed by atoms with Crippen molar-refractivity contribution in [3.63, 3.8) is 0 Å². The third kappa shape index (κ3) is 1.18. The molecular weight excluding hydrogens is 174 g/mol. The van der Waals surface area contributed by atoms with Crippen molar-refractivity contribution in [2.24, 2.45) is 0 Å². The lowest BCUT2D eigenvalue weighted by Crippen LogP contribution is -1.92. The number of nitrogen functional groups attached to an aromatic ring is 1. The zero-order valence-corrected chi connectivity index (χ0v) is 6.39. The van der Waals surface area contributed by atoms with Gasteiger partial charge in [-0.3, -0.25) is 0 Å². The Balaban J connectivity index is 2.68. The Labute approximate surface area is 72.0 Å². The van der Waals surface area contributed by atoms with E-state index in [1.54, 1.807) is 0 Å². The molecule has 0 saturated heterocycles. The number of aromatic carboxylic acids is 1. The van der Waals surface area contributed by atoms with Crippen molar-refractivity contribution in [2.45, 2.75) is 0 Å². The van der Waals surface area contributed by atoms with Gasteiger partial charge in [0.2, 0.25) is 17.4 Å². The molecule has 0 saturated carbocycles. The SMILES string of the molecule is Nc1ncc2cc(C(=O)O)oc2n1. The summed E-state index contributed by atoms with van der Waals surface area (Å²) < 4.78 is 4.88. The Morgan fingerprint density at radius 1 is 1.62 bits per heavy atom. The van der Waals surface area contributed by atoms with Crippen molar-refractivity contribution in [1.29, 1.82) is 0 Å². The minimum Gasteiger partial charge on any atom is -0.475 e. The van der Waals surface area contributed by atoms with Crippen molar-refractivity contribution < 1.29 is 14.3 Å². The summed E-state index contributed by atoms with van der Waals surface area (Å²) in [6.07, 6.45) is 1.41. The molecule has 0 radical (unpaired) electrons. The van der Waals surface area contributed by atoms with Crippen LogP contribution in [0, 0.1) is 0 Å². The van der Waals surface area contributed by atoms with E-state index in [9.17, 15) is 4.79 Å². The van der Waals surface area contributed by atoms with Crippen LogP contribution in [-0.2, 0) is 0 Å².